The first kappa shape index (κ1) is 20.9. The average Bonchev–Trinajstić information content (AvgIpc) is 2.66. The van der Waals surface area contributed by atoms with E-state index in [2.05, 4.69) is 25.0 Å². The summed E-state index contributed by atoms with van der Waals surface area (Å²) in [5.74, 6) is -1.01. The van der Waals surface area contributed by atoms with E-state index in [-0.39, 0.29) is 41.4 Å². The molecule has 0 bridgehead atoms. The minimum atomic E-state index is -3.48. The Morgan fingerprint density at radius 2 is 1.83 bits per heavy atom. The maximum absolute atomic E-state index is 13.0. The first-order valence-corrected chi connectivity index (χ1v) is 10.3. The van der Waals surface area contributed by atoms with Gasteiger partial charge in [-0.25, -0.2) is 17.6 Å². The van der Waals surface area contributed by atoms with Crippen LogP contribution in [0.3, 0.4) is 0 Å². The largest absolute Gasteiger partial charge is 0.454 e. The van der Waals surface area contributed by atoms with Gasteiger partial charge < -0.3 is 15.8 Å². The Morgan fingerprint density at radius 3 is 2.53 bits per heavy atom. The molecule has 2 aromatic carbocycles. The highest BCUT2D eigenvalue weighted by Crippen LogP contribution is 2.16. The third-order valence-electron chi connectivity index (χ3n) is 3.53. The maximum Gasteiger partial charge on any atom is 0.338 e. The molecule has 0 aliphatic rings. The third-order valence-corrected chi connectivity index (χ3v) is 4.14. The van der Waals surface area contributed by atoms with Crippen LogP contribution in [0.25, 0.3) is 0 Å². The van der Waals surface area contributed by atoms with Gasteiger partial charge in [0, 0.05) is 11.4 Å². The summed E-state index contributed by atoms with van der Waals surface area (Å²) in [4.78, 5) is 24.2. The molecule has 30 heavy (non-hydrogen) atoms. The number of sulfonamides is 1. The van der Waals surface area contributed by atoms with Gasteiger partial charge in [-0.3, -0.25) is 4.72 Å². The molecule has 156 valence electrons. The summed E-state index contributed by atoms with van der Waals surface area (Å²) in [7, 11) is -3.48. The van der Waals surface area contributed by atoms with E-state index in [4.69, 9.17) is 10.5 Å². The van der Waals surface area contributed by atoms with E-state index in [1.165, 1.54) is 48.5 Å². The number of aromatic nitrogens is 3. The van der Waals surface area contributed by atoms with E-state index in [1.54, 1.807) is 0 Å². The fourth-order valence-electron chi connectivity index (χ4n) is 2.36. The molecule has 0 aliphatic heterocycles. The molecular formula is C18H17FN6O4S. The fraction of sp³-hybridized carbons (Fsp3) is 0.111. The molecular weight excluding hydrogens is 415 g/mol. The SMILES string of the molecule is CS(=O)(=O)Nc1cccc(C(=O)OCc2nc(N)nc(Nc3ccc(F)cc3)n2)c1. The van der Waals surface area contributed by atoms with Crippen LogP contribution in [0.4, 0.5) is 27.7 Å². The Kier molecular flexibility index (Phi) is 6.06. The van der Waals surface area contributed by atoms with Crippen molar-refractivity contribution in [2.24, 2.45) is 0 Å². The van der Waals surface area contributed by atoms with Crippen molar-refractivity contribution in [2.45, 2.75) is 6.61 Å². The number of rotatable bonds is 7. The molecule has 3 rings (SSSR count). The predicted octanol–water partition coefficient (Wildman–Crippen LogP) is 2.06. The summed E-state index contributed by atoms with van der Waals surface area (Å²) >= 11 is 0. The standard InChI is InChI=1S/C18H17FN6O4S/c1-30(27,28)25-14-4-2-3-11(9-14)16(26)29-10-15-22-17(20)24-18(23-15)21-13-7-5-12(19)6-8-13/h2-9,25H,10H2,1H3,(H3,20,21,22,23,24). The topological polar surface area (TPSA) is 149 Å². The Bertz CT molecular complexity index is 1170. The lowest BCUT2D eigenvalue weighted by molar-refractivity contribution is 0.0462. The lowest BCUT2D eigenvalue weighted by Gasteiger charge is -2.09. The van der Waals surface area contributed by atoms with Gasteiger partial charge in [0.15, 0.2) is 12.4 Å². The number of halogens is 1. The molecule has 0 unspecified atom stereocenters. The van der Waals surface area contributed by atoms with Crippen molar-refractivity contribution < 1.29 is 22.3 Å². The molecule has 0 spiro atoms. The van der Waals surface area contributed by atoms with Crippen LogP contribution in [0.1, 0.15) is 16.2 Å². The van der Waals surface area contributed by atoms with Crippen molar-refractivity contribution in [2.75, 3.05) is 22.0 Å². The summed E-state index contributed by atoms with van der Waals surface area (Å²) in [6.45, 7) is -0.298. The summed E-state index contributed by atoms with van der Waals surface area (Å²) < 4.78 is 43.1. The van der Waals surface area contributed by atoms with Crippen LogP contribution in [-0.4, -0.2) is 35.6 Å². The quantitative estimate of drug-likeness (QED) is 0.477. The number of hydrogen-bond acceptors (Lipinski definition) is 9. The number of esters is 1. The van der Waals surface area contributed by atoms with Crippen molar-refractivity contribution in [1.29, 1.82) is 0 Å². The van der Waals surface area contributed by atoms with Crippen molar-refractivity contribution in [3.8, 4) is 0 Å². The monoisotopic (exact) mass is 432 g/mol. The second kappa shape index (κ2) is 8.69. The molecule has 0 amide bonds. The second-order valence-electron chi connectivity index (χ2n) is 6.10. The zero-order valence-corrected chi connectivity index (χ0v) is 16.5. The van der Waals surface area contributed by atoms with Gasteiger partial charge in [0.25, 0.3) is 0 Å². The zero-order chi connectivity index (χ0) is 21.7. The smallest absolute Gasteiger partial charge is 0.338 e. The van der Waals surface area contributed by atoms with E-state index in [9.17, 15) is 17.6 Å². The number of nitrogens with one attached hydrogen (secondary N) is 2. The molecule has 0 saturated heterocycles. The molecule has 0 radical (unpaired) electrons. The highest BCUT2D eigenvalue weighted by Gasteiger charge is 2.12. The van der Waals surface area contributed by atoms with Gasteiger partial charge in [-0.05, 0) is 42.5 Å². The number of anilines is 4. The normalized spacial score (nSPS) is 11.0. The zero-order valence-electron chi connectivity index (χ0n) is 15.7. The third kappa shape index (κ3) is 6.10. The van der Waals surface area contributed by atoms with E-state index in [1.807, 2.05) is 0 Å². The van der Waals surface area contributed by atoms with Gasteiger partial charge in [-0.2, -0.15) is 15.0 Å². The van der Waals surface area contributed by atoms with Gasteiger partial charge in [-0.1, -0.05) is 6.07 Å². The number of hydrogen-bond donors (Lipinski definition) is 3. The van der Waals surface area contributed by atoms with Crippen LogP contribution in [0.5, 0.6) is 0 Å². The minimum absolute atomic E-state index is 0.0888. The van der Waals surface area contributed by atoms with Crippen LogP contribution in [0.15, 0.2) is 48.5 Å². The summed E-state index contributed by atoms with van der Waals surface area (Å²) in [5.41, 5.74) is 6.55. The Hall–Kier alpha value is -3.80. The first-order valence-electron chi connectivity index (χ1n) is 8.46. The number of nitrogens with two attached hydrogens (primary N) is 1. The Balaban J connectivity index is 1.68. The van der Waals surface area contributed by atoms with Gasteiger partial charge in [0.1, 0.15) is 5.82 Å². The van der Waals surface area contributed by atoms with Crippen LogP contribution in [0, 0.1) is 5.82 Å². The van der Waals surface area contributed by atoms with E-state index >= 15 is 0 Å². The fourth-order valence-corrected chi connectivity index (χ4v) is 2.91. The summed E-state index contributed by atoms with van der Waals surface area (Å²) in [5, 5.41) is 2.85. The summed E-state index contributed by atoms with van der Waals surface area (Å²) in [6, 6.07) is 11.3. The number of carbonyl (C=O) groups is 1. The lowest BCUT2D eigenvalue weighted by atomic mass is 10.2. The number of nitrogens with zero attached hydrogens (tertiary/aromatic N) is 3. The van der Waals surface area contributed by atoms with E-state index < -0.39 is 16.0 Å². The van der Waals surface area contributed by atoms with Crippen LogP contribution < -0.4 is 15.8 Å². The predicted molar refractivity (Wildman–Crippen MR) is 108 cm³/mol. The highest BCUT2D eigenvalue weighted by molar-refractivity contribution is 7.92. The molecule has 0 fully saturated rings. The summed E-state index contributed by atoms with van der Waals surface area (Å²) in [6.07, 6.45) is 1.00. The Morgan fingerprint density at radius 1 is 1.10 bits per heavy atom. The molecule has 10 nitrogen and oxygen atoms in total. The van der Waals surface area contributed by atoms with Crippen molar-refractivity contribution in [3.63, 3.8) is 0 Å². The van der Waals surface area contributed by atoms with Gasteiger partial charge in [-0.15, -0.1) is 0 Å². The number of nitrogen functional groups attached to an aromatic ring is 1. The number of benzene rings is 2. The molecule has 0 aliphatic carbocycles. The minimum Gasteiger partial charge on any atom is -0.454 e. The highest BCUT2D eigenvalue weighted by atomic mass is 32.2. The maximum atomic E-state index is 13.0. The molecule has 0 saturated carbocycles. The lowest BCUT2D eigenvalue weighted by Crippen LogP contribution is -2.12. The molecule has 3 aromatic rings. The van der Waals surface area contributed by atoms with Gasteiger partial charge in [0.2, 0.25) is 21.9 Å². The average molecular weight is 432 g/mol. The van der Waals surface area contributed by atoms with Crippen molar-refractivity contribution >= 4 is 39.3 Å². The van der Waals surface area contributed by atoms with Gasteiger partial charge in [0.05, 0.1) is 11.8 Å². The van der Waals surface area contributed by atoms with E-state index in [0.29, 0.717) is 5.69 Å². The van der Waals surface area contributed by atoms with Crippen LogP contribution in [0.2, 0.25) is 0 Å². The van der Waals surface area contributed by atoms with Crippen LogP contribution in [-0.2, 0) is 21.4 Å². The van der Waals surface area contributed by atoms with Crippen molar-refractivity contribution in [1.82, 2.24) is 15.0 Å². The molecule has 4 N–H and O–H groups in total. The number of carbonyl (C=O) groups excluding carboxylic acids is 1. The molecule has 1 aromatic heterocycles. The molecule has 12 heteroatoms. The van der Waals surface area contributed by atoms with Gasteiger partial charge >= 0.3 is 5.97 Å². The molecule has 0 atom stereocenters. The van der Waals surface area contributed by atoms with E-state index in [0.717, 1.165) is 6.26 Å². The van der Waals surface area contributed by atoms with Crippen molar-refractivity contribution in [3.05, 3.63) is 65.7 Å². The molecule has 1 heterocycles. The second-order valence-corrected chi connectivity index (χ2v) is 7.84. The first-order chi connectivity index (χ1) is 14.2. The Labute approximate surface area is 171 Å². The van der Waals surface area contributed by atoms with Crippen LogP contribution >= 0.6 is 0 Å². The number of ether oxygens (including phenoxy) is 1.